The summed E-state index contributed by atoms with van der Waals surface area (Å²) < 4.78 is 14.8. The molecule has 0 bridgehead atoms. The number of fused-ring (bicyclic) bond motifs is 1. The maximum absolute atomic E-state index is 13.1. The first-order valence-electron chi connectivity index (χ1n) is 7.72. The van der Waals surface area contributed by atoms with Crippen LogP contribution < -0.4 is 5.56 Å². The van der Waals surface area contributed by atoms with Gasteiger partial charge in [-0.3, -0.25) is 4.79 Å². The average molecular weight is 387 g/mol. The number of para-hydroxylation sites is 1. The molecule has 4 aromatic rings. The molecule has 1 N–H and O–H groups in total. The van der Waals surface area contributed by atoms with Crippen molar-refractivity contribution in [2.45, 2.75) is 10.9 Å². The van der Waals surface area contributed by atoms with Gasteiger partial charge in [0.1, 0.15) is 11.2 Å². The molecule has 0 saturated heterocycles. The van der Waals surface area contributed by atoms with E-state index >= 15 is 0 Å². The maximum Gasteiger partial charge on any atom is 0.262 e. The van der Waals surface area contributed by atoms with E-state index in [4.69, 9.17) is 11.6 Å². The Hall–Kier alpha value is -2.64. The maximum atomic E-state index is 13.1. The summed E-state index contributed by atoms with van der Waals surface area (Å²) in [5.74, 6) is 0.0657. The lowest BCUT2D eigenvalue weighted by Crippen LogP contribution is -2.09. The van der Waals surface area contributed by atoms with Crippen molar-refractivity contribution in [3.05, 3.63) is 81.5 Å². The van der Waals surface area contributed by atoms with Crippen LogP contribution in [-0.4, -0.2) is 19.7 Å². The van der Waals surface area contributed by atoms with Gasteiger partial charge in [-0.25, -0.2) is 14.1 Å². The first kappa shape index (κ1) is 16.8. The van der Waals surface area contributed by atoms with Gasteiger partial charge in [-0.05, 0) is 29.8 Å². The van der Waals surface area contributed by atoms with Crippen molar-refractivity contribution in [3.63, 3.8) is 0 Å². The van der Waals surface area contributed by atoms with Crippen molar-refractivity contribution in [2.75, 3.05) is 0 Å². The third-order valence-electron chi connectivity index (χ3n) is 3.80. The van der Waals surface area contributed by atoms with E-state index < -0.39 is 0 Å². The molecule has 0 unspecified atom stereocenters. The Morgan fingerprint density at radius 3 is 2.77 bits per heavy atom. The Morgan fingerprint density at radius 1 is 1.19 bits per heavy atom. The van der Waals surface area contributed by atoms with E-state index in [1.807, 2.05) is 30.3 Å². The lowest BCUT2D eigenvalue weighted by atomic mass is 10.2. The largest absolute Gasteiger partial charge is 0.301 e. The number of thioether (sulfide) groups is 1. The molecule has 0 aliphatic carbocycles. The number of halogens is 2. The molecule has 0 spiro atoms. The molecule has 8 heteroatoms. The van der Waals surface area contributed by atoms with Crippen molar-refractivity contribution in [1.29, 1.82) is 0 Å². The lowest BCUT2D eigenvalue weighted by molar-refractivity contribution is 0.627. The summed E-state index contributed by atoms with van der Waals surface area (Å²) in [5, 5.41) is 5.47. The van der Waals surface area contributed by atoms with E-state index in [1.165, 1.54) is 30.1 Å². The van der Waals surface area contributed by atoms with Gasteiger partial charge in [0.2, 0.25) is 0 Å². The molecule has 0 fully saturated rings. The highest BCUT2D eigenvalue weighted by Crippen LogP contribution is 2.26. The summed E-state index contributed by atoms with van der Waals surface area (Å²) >= 11 is 7.37. The van der Waals surface area contributed by atoms with Crippen molar-refractivity contribution in [1.82, 2.24) is 19.7 Å². The summed E-state index contributed by atoms with van der Waals surface area (Å²) in [5.41, 5.74) is 1.80. The highest BCUT2D eigenvalue weighted by Gasteiger charge is 2.12. The van der Waals surface area contributed by atoms with Crippen LogP contribution in [0.2, 0.25) is 5.02 Å². The minimum absolute atomic E-state index is 0.259. The fourth-order valence-electron chi connectivity index (χ4n) is 2.51. The molecule has 0 aliphatic rings. The van der Waals surface area contributed by atoms with E-state index in [2.05, 4.69) is 15.1 Å². The van der Waals surface area contributed by atoms with Gasteiger partial charge in [0, 0.05) is 10.8 Å². The molecule has 130 valence electrons. The monoisotopic (exact) mass is 386 g/mol. The normalized spacial score (nSPS) is 11.2. The van der Waals surface area contributed by atoms with Crippen LogP contribution in [0.3, 0.4) is 0 Å². The van der Waals surface area contributed by atoms with Crippen molar-refractivity contribution >= 4 is 34.4 Å². The number of benzene rings is 2. The zero-order chi connectivity index (χ0) is 18.1. The van der Waals surface area contributed by atoms with E-state index in [1.54, 1.807) is 10.7 Å². The number of rotatable bonds is 4. The van der Waals surface area contributed by atoms with Crippen LogP contribution >= 0.6 is 23.4 Å². The average Bonchev–Trinajstić information content (AvgIpc) is 3.06. The van der Waals surface area contributed by atoms with Gasteiger partial charge < -0.3 is 4.98 Å². The molecular weight excluding hydrogens is 375 g/mol. The van der Waals surface area contributed by atoms with E-state index in [0.717, 1.165) is 11.3 Å². The molecule has 0 aliphatic heterocycles. The number of nitrogens with zero attached hydrogens (tertiary/aromatic N) is 3. The van der Waals surface area contributed by atoms with Gasteiger partial charge in [-0.1, -0.05) is 47.6 Å². The second kappa shape index (κ2) is 6.93. The molecule has 5 nitrogen and oxygen atoms in total. The zero-order valence-corrected chi connectivity index (χ0v) is 14.9. The number of nitrogens with one attached hydrogen (secondary N) is 1. The third kappa shape index (κ3) is 3.23. The predicted molar refractivity (Wildman–Crippen MR) is 100 cm³/mol. The molecule has 26 heavy (non-hydrogen) atoms. The molecule has 4 rings (SSSR count). The Morgan fingerprint density at radius 2 is 2.00 bits per heavy atom. The topological polar surface area (TPSA) is 63.6 Å². The lowest BCUT2D eigenvalue weighted by Gasteiger charge is -2.06. The van der Waals surface area contributed by atoms with Crippen molar-refractivity contribution in [2.24, 2.45) is 0 Å². The Labute approximate surface area is 156 Å². The summed E-state index contributed by atoms with van der Waals surface area (Å²) in [6, 6.07) is 13.7. The standard InChI is InChI=1S/C18H12ClFN4OS/c19-15-8-12(20)7-6-11(15)10-26-18-22-16-14(17(25)23-18)9-21-24(16)13-4-2-1-3-5-13/h1-9H,10H2,(H,22,23,25). The smallest absolute Gasteiger partial charge is 0.262 e. The number of aromatic amines is 1. The van der Waals surface area contributed by atoms with Crippen LogP contribution in [0, 0.1) is 5.82 Å². The van der Waals surface area contributed by atoms with Gasteiger partial charge >= 0.3 is 0 Å². The quantitative estimate of drug-likeness (QED) is 0.422. The Bertz CT molecular complexity index is 1140. The summed E-state index contributed by atoms with van der Waals surface area (Å²) in [4.78, 5) is 19.6. The second-order valence-corrected chi connectivity index (χ2v) is 6.90. The highest BCUT2D eigenvalue weighted by molar-refractivity contribution is 7.98. The van der Waals surface area contributed by atoms with Gasteiger partial charge in [0.05, 0.1) is 11.9 Å². The van der Waals surface area contributed by atoms with Crippen LogP contribution in [0.4, 0.5) is 4.39 Å². The molecule has 0 atom stereocenters. The number of aromatic nitrogens is 4. The first-order valence-corrected chi connectivity index (χ1v) is 9.08. The SMILES string of the molecule is O=c1[nH]c(SCc2ccc(F)cc2Cl)nc2c1cnn2-c1ccccc1. The minimum atomic E-state index is -0.386. The van der Waals surface area contributed by atoms with Crippen LogP contribution in [-0.2, 0) is 5.75 Å². The Balaban J connectivity index is 1.69. The summed E-state index contributed by atoms with van der Waals surface area (Å²) in [7, 11) is 0. The minimum Gasteiger partial charge on any atom is -0.301 e. The summed E-state index contributed by atoms with van der Waals surface area (Å²) in [6.07, 6.45) is 1.50. The van der Waals surface area contributed by atoms with Gasteiger partial charge in [-0.2, -0.15) is 5.10 Å². The van der Waals surface area contributed by atoms with Crippen LogP contribution in [0.5, 0.6) is 0 Å². The molecule has 2 heterocycles. The van der Waals surface area contributed by atoms with Gasteiger partial charge in [-0.15, -0.1) is 0 Å². The van der Waals surface area contributed by atoms with Crippen molar-refractivity contribution < 1.29 is 4.39 Å². The fourth-order valence-corrected chi connectivity index (χ4v) is 3.68. The molecule has 0 saturated carbocycles. The molecular formula is C18H12ClFN4OS. The number of hydrogen-bond acceptors (Lipinski definition) is 4. The van der Waals surface area contributed by atoms with E-state index in [9.17, 15) is 9.18 Å². The molecule has 2 aromatic carbocycles. The van der Waals surface area contributed by atoms with Gasteiger partial charge in [0.15, 0.2) is 10.8 Å². The first-order chi connectivity index (χ1) is 12.6. The fraction of sp³-hybridized carbons (Fsp3) is 0.0556. The number of hydrogen-bond donors (Lipinski definition) is 1. The van der Waals surface area contributed by atoms with Crippen LogP contribution in [0.25, 0.3) is 16.7 Å². The second-order valence-electron chi connectivity index (χ2n) is 5.52. The van der Waals surface area contributed by atoms with Crippen LogP contribution in [0.1, 0.15) is 5.56 Å². The van der Waals surface area contributed by atoms with E-state index in [0.29, 0.717) is 27.0 Å². The molecule has 0 radical (unpaired) electrons. The molecule has 2 aromatic heterocycles. The highest BCUT2D eigenvalue weighted by atomic mass is 35.5. The number of H-pyrrole nitrogens is 1. The Kier molecular flexibility index (Phi) is 4.48. The van der Waals surface area contributed by atoms with Crippen LogP contribution in [0.15, 0.2) is 64.7 Å². The zero-order valence-electron chi connectivity index (χ0n) is 13.3. The van der Waals surface area contributed by atoms with Crippen molar-refractivity contribution in [3.8, 4) is 5.69 Å². The predicted octanol–water partition coefficient (Wildman–Crippen LogP) is 4.19. The summed E-state index contributed by atoms with van der Waals surface area (Å²) in [6.45, 7) is 0. The van der Waals surface area contributed by atoms with Gasteiger partial charge in [0.25, 0.3) is 5.56 Å². The third-order valence-corrected chi connectivity index (χ3v) is 5.07. The van der Waals surface area contributed by atoms with E-state index in [-0.39, 0.29) is 11.4 Å². The molecule has 0 amide bonds.